The molecule has 0 aromatic heterocycles. The molecular formula is C19H22O4. The summed E-state index contributed by atoms with van der Waals surface area (Å²) >= 11 is 0. The number of carboxylic acid groups (broad SMARTS) is 1. The van der Waals surface area contributed by atoms with Crippen molar-refractivity contribution in [3.8, 4) is 11.5 Å². The van der Waals surface area contributed by atoms with E-state index in [1.807, 2.05) is 48.5 Å². The van der Waals surface area contributed by atoms with Gasteiger partial charge >= 0.3 is 5.97 Å². The number of hydrogen-bond donors (Lipinski definition) is 1. The van der Waals surface area contributed by atoms with E-state index in [-0.39, 0.29) is 0 Å². The molecule has 0 fully saturated rings. The van der Waals surface area contributed by atoms with Crippen LogP contribution in [0.1, 0.15) is 18.1 Å². The smallest absolute Gasteiger partial charge is 0.310 e. The Kier molecular flexibility index (Phi) is 5.27. The zero-order chi connectivity index (χ0) is 16.9. The quantitative estimate of drug-likeness (QED) is 0.848. The first-order chi connectivity index (χ1) is 11.0. The largest absolute Gasteiger partial charge is 0.497 e. The third kappa shape index (κ3) is 4.25. The minimum atomic E-state index is -0.872. The van der Waals surface area contributed by atoms with Crippen LogP contribution in [0.2, 0.25) is 0 Å². The van der Waals surface area contributed by atoms with Crippen molar-refractivity contribution >= 4 is 5.97 Å². The molecule has 0 amide bonds. The van der Waals surface area contributed by atoms with Crippen LogP contribution >= 0.6 is 0 Å². The molecule has 1 N–H and O–H groups in total. The van der Waals surface area contributed by atoms with Gasteiger partial charge in [0.05, 0.1) is 19.6 Å². The highest BCUT2D eigenvalue weighted by molar-refractivity contribution is 5.75. The van der Waals surface area contributed by atoms with Crippen LogP contribution in [0.15, 0.2) is 48.5 Å². The SMILES string of the molecule is COc1ccc(CC(C)(Cc2ccc(OC)cc2)C(=O)O)cc1. The van der Waals surface area contributed by atoms with Crippen molar-refractivity contribution in [1.29, 1.82) is 0 Å². The first-order valence-corrected chi connectivity index (χ1v) is 7.46. The van der Waals surface area contributed by atoms with E-state index in [9.17, 15) is 9.90 Å². The van der Waals surface area contributed by atoms with Crippen LogP contribution in [0.3, 0.4) is 0 Å². The van der Waals surface area contributed by atoms with E-state index in [0.29, 0.717) is 12.8 Å². The Morgan fingerprint density at radius 1 is 0.870 bits per heavy atom. The minimum Gasteiger partial charge on any atom is -0.497 e. The summed E-state index contributed by atoms with van der Waals surface area (Å²) in [4.78, 5) is 11.8. The molecule has 2 aromatic carbocycles. The fourth-order valence-electron chi connectivity index (χ4n) is 2.60. The summed E-state index contributed by atoms with van der Waals surface area (Å²) in [7, 11) is 3.22. The number of methoxy groups -OCH3 is 2. The van der Waals surface area contributed by atoms with Crippen molar-refractivity contribution in [2.45, 2.75) is 19.8 Å². The molecule has 0 bridgehead atoms. The Balaban J connectivity index is 2.18. The second-order valence-electron chi connectivity index (χ2n) is 5.92. The molecule has 0 saturated heterocycles. The standard InChI is InChI=1S/C19H22O4/c1-19(18(20)21,12-14-4-8-16(22-2)9-5-14)13-15-6-10-17(23-3)11-7-15/h4-11H,12-13H2,1-3H3,(H,20,21). The summed E-state index contributed by atoms with van der Waals surface area (Å²) in [5.74, 6) is 0.728. The van der Waals surface area contributed by atoms with Crippen molar-refractivity contribution < 1.29 is 19.4 Å². The zero-order valence-corrected chi connectivity index (χ0v) is 13.7. The van der Waals surface area contributed by atoms with Crippen LogP contribution in [-0.2, 0) is 17.6 Å². The lowest BCUT2D eigenvalue weighted by atomic mass is 9.78. The highest BCUT2D eigenvalue weighted by Crippen LogP contribution is 2.29. The Labute approximate surface area is 136 Å². The van der Waals surface area contributed by atoms with Crippen molar-refractivity contribution in [2.24, 2.45) is 5.41 Å². The molecule has 0 atom stereocenters. The van der Waals surface area contributed by atoms with Crippen molar-refractivity contribution in [2.75, 3.05) is 14.2 Å². The number of rotatable bonds is 7. The van der Waals surface area contributed by atoms with Crippen LogP contribution < -0.4 is 9.47 Å². The van der Waals surface area contributed by atoms with E-state index in [0.717, 1.165) is 22.6 Å². The molecule has 0 saturated carbocycles. The molecule has 4 nitrogen and oxygen atoms in total. The molecule has 0 heterocycles. The van der Waals surface area contributed by atoms with Crippen molar-refractivity contribution in [3.63, 3.8) is 0 Å². The summed E-state index contributed by atoms with van der Waals surface area (Å²) in [5, 5.41) is 9.71. The van der Waals surface area contributed by atoms with E-state index in [2.05, 4.69) is 0 Å². The maximum atomic E-state index is 11.8. The molecule has 0 aliphatic heterocycles. The lowest BCUT2D eigenvalue weighted by Gasteiger charge is -2.25. The third-order valence-electron chi connectivity index (χ3n) is 4.02. The molecule has 0 radical (unpaired) electrons. The zero-order valence-electron chi connectivity index (χ0n) is 13.7. The predicted molar refractivity (Wildman–Crippen MR) is 89.1 cm³/mol. The second kappa shape index (κ2) is 7.18. The first-order valence-electron chi connectivity index (χ1n) is 7.46. The number of benzene rings is 2. The van der Waals surface area contributed by atoms with E-state index in [1.54, 1.807) is 21.1 Å². The summed E-state index contributed by atoms with van der Waals surface area (Å²) in [6, 6.07) is 15.1. The number of carbonyl (C=O) groups is 1. The monoisotopic (exact) mass is 314 g/mol. The molecule has 23 heavy (non-hydrogen) atoms. The van der Waals surface area contributed by atoms with Gasteiger partial charge in [0.2, 0.25) is 0 Å². The Morgan fingerprint density at radius 2 is 1.22 bits per heavy atom. The number of ether oxygens (including phenoxy) is 2. The molecule has 122 valence electrons. The molecule has 4 heteroatoms. The van der Waals surface area contributed by atoms with E-state index < -0.39 is 11.4 Å². The Hall–Kier alpha value is -2.49. The van der Waals surface area contributed by atoms with Gasteiger partial charge in [-0.1, -0.05) is 24.3 Å². The van der Waals surface area contributed by atoms with Gasteiger partial charge in [0.15, 0.2) is 0 Å². The average Bonchev–Trinajstić information content (AvgIpc) is 2.56. The van der Waals surface area contributed by atoms with Crippen LogP contribution in [0.5, 0.6) is 11.5 Å². The highest BCUT2D eigenvalue weighted by Gasteiger charge is 2.33. The van der Waals surface area contributed by atoms with Gasteiger partial charge in [-0.05, 0) is 55.2 Å². The fourth-order valence-corrected chi connectivity index (χ4v) is 2.60. The Morgan fingerprint density at radius 3 is 1.48 bits per heavy atom. The third-order valence-corrected chi connectivity index (χ3v) is 4.02. The topological polar surface area (TPSA) is 55.8 Å². The fraction of sp³-hybridized carbons (Fsp3) is 0.316. The number of hydrogen-bond acceptors (Lipinski definition) is 3. The molecule has 2 aromatic rings. The first kappa shape index (κ1) is 16.9. The molecule has 0 aliphatic rings. The van der Waals surface area contributed by atoms with E-state index >= 15 is 0 Å². The maximum Gasteiger partial charge on any atom is 0.310 e. The van der Waals surface area contributed by atoms with Gasteiger partial charge in [-0.3, -0.25) is 4.79 Å². The molecule has 0 aliphatic carbocycles. The van der Waals surface area contributed by atoms with Crippen LogP contribution in [0.4, 0.5) is 0 Å². The molecule has 0 unspecified atom stereocenters. The lowest BCUT2D eigenvalue weighted by Crippen LogP contribution is -2.32. The van der Waals surface area contributed by atoms with Crippen molar-refractivity contribution in [1.82, 2.24) is 0 Å². The summed E-state index contributed by atoms with van der Waals surface area (Å²) in [6.45, 7) is 1.78. The van der Waals surface area contributed by atoms with E-state index in [4.69, 9.17) is 9.47 Å². The number of aliphatic carboxylic acids is 1. The number of carboxylic acids is 1. The van der Waals surface area contributed by atoms with Crippen LogP contribution in [0, 0.1) is 5.41 Å². The van der Waals surface area contributed by atoms with Crippen molar-refractivity contribution in [3.05, 3.63) is 59.7 Å². The van der Waals surface area contributed by atoms with Gasteiger partial charge in [-0.15, -0.1) is 0 Å². The highest BCUT2D eigenvalue weighted by atomic mass is 16.5. The summed E-state index contributed by atoms with van der Waals surface area (Å²) in [5.41, 5.74) is 1.08. The summed E-state index contributed by atoms with van der Waals surface area (Å²) < 4.78 is 10.3. The van der Waals surface area contributed by atoms with Crippen LogP contribution in [0.25, 0.3) is 0 Å². The van der Waals surface area contributed by atoms with Gasteiger partial charge < -0.3 is 14.6 Å². The minimum absolute atomic E-state index is 0.457. The molecular weight excluding hydrogens is 292 g/mol. The lowest BCUT2D eigenvalue weighted by molar-refractivity contribution is -0.147. The van der Waals surface area contributed by atoms with E-state index in [1.165, 1.54) is 0 Å². The van der Waals surface area contributed by atoms with Gasteiger partial charge in [0.25, 0.3) is 0 Å². The summed E-state index contributed by atoms with van der Waals surface area (Å²) in [6.07, 6.45) is 0.913. The Bertz CT molecular complexity index is 595. The van der Waals surface area contributed by atoms with Gasteiger partial charge in [0.1, 0.15) is 11.5 Å². The van der Waals surface area contributed by atoms with Gasteiger partial charge in [-0.2, -0.15) is 0 Å². The average molecular weight is 314 g/mol. The predicted octanol–water partition coefficient (Wildman–Crippen LogP) is 3.58. The molecule has 0 spiro atoms. The molecule has 2 rings (SSSR count). The normalized spacial score (nSPS) is 11.1. The second-order valence-corrected chi connectivity index (χ2v) is 5.92. The van der Waals surface area contributed by atoms with Gasteiger partial charge in [-0.25, -0.2) is 0 Å². The maximum absolute atomic E-state index is 11.8. The van der Waals surface area contributed by atoms with Gasteiger partial charge in [0, 0.05) is 0 Å². The van der Waals surface area contributed by atoms with Crippen LogP contribution in [-0.4, -0.2) is 25.3 Å².